The third kappa shape index (κ3) is 1.89. The van der Waals surface area contributed by atoms with Crippen LogP contribution in [0.5, 0.6) is 0 Å². The number of rotatable bonds is 3. The number of nitrogens with one attached hydrogen (secondary N) is 1. The molecule has 0 aromatic carbocycles. The summed E-state index contributed by atoms with van der Waals surface area (Å²) in [5, 5.41) is 3.39. The maximum absolute atomic E-state index is 11.1. The standard InChI is InChI=1S/C13H18N4O/c14-9-3-4-10(12(15)18)16-13(9)17-11-6-7-1-2-8(11)5-7/h3-4,7-8,11H,1-2,5-6,14H2,(H2,15,18)(H,16,17). The molecular weight excluding hydrogens is 228 g/mol. The predicted molar refractivity (Wildman–Crippen MR) is 70.0 cm³/mol. The van der Waals surface area contributed by atoms with E-state index >= 15 is 0 Å². The molecule has 3 rings (SSSR count). The Bertz CT molecular complexity index is 488. The maximum Gasteiger partial charge on any atom is 0.267 e. The Morgan fingerprint density at radius 1 is 1.33 bits per heavy atom. The number of nitrogens with two attached hydrogens (primary N) is 2. The zero-order chi connectivity index (χ0) is 12.7. The molecule has 2 bridgehead atoms. The summed E-state index contributed by atoms with van der Waals surface area (Å²) in [6.07, 6.45) is 5.14. The first-order chi connectivity index (χ1) is 8.63. The lowest BCUT2D eigenvalue weighted by molar-refractivity contribution is 0.0995. The summed E-state index contributed by atoms with van der Waals surface area (Å²) >= 11 is 0. The van der Waals surface area contributed by atoms with E-state index in [0.29, 0.717) is 17.5 Å². The van der Waals surface area contributed by atoms with Crippen molar-refractivity contribution < 1.29 is 4.79 Å². The second-order valence-corrected chi connectivity index (χ2v) is 5.42. The van der Waals surface area contributed by atoms with Crippen molar-refractivity contribution in [2.75, 3.05) is 11.1 Å². The lowest BCUT2D eigenvalue weighted by Gasteiger charge is -2.24. The summed E-state index contributed by atoms with van der Waals surface area (Å²) < 4.78 is 0. The van der Waals surface area contributed by atoms with Crippen LogP contribution < -0.4 is 16.8 Å². The second kappa shape index (κ2) is 4.15. The molecule has 2 saturated carbocycles. The number of anilines is 2. The van der Waals surface area contributed by atoms with Gasteiger partial charge in [0.05, 0.1) is 5.69 Å². The molecule has 0 saturated heterocycles. The maximum atomic E-state index is 11.1. The average molecular weight is 246 g/mol. The Morgan fingerprint density at radius 3 is 2.78 bits per heavy atom. The van der Waals surface area contributed by atoms with Gasteiger partial charge in [-0.25, -0.2) is 4.98 Å². The molecule has 1 amide bonds. The highest BCUT2D eigenvalue weighted by Gasteiger charge is 2.39. The Labute approximate surface area is 106 Å². The van der Waals surface area contributed by atoms with Crippen LogP contribution in [-0.2, 0) is 0 Å². The fraction of sp³-hybridized carbons (Fsp3) is 0.538. The Hall–Kier alpha value is -1.78. The van der Waals surface area contributed by atoms with Crippen LogP contribution in [0.4, 0.5) is 11.5 Å². The Morgan fingerprint density at radius 2 is 2.17 bits per heavy atom. The zero-order valence-electron chi connectivity index (χ0n) is 10.2. The number of aromatic nitrogens is 1. The molecule has 1 heterocycles. The van der Waals surface area contributed by atoms with Crippen molar-refractivity contribution in [1.29, 1.82) is 0 Å². The van der Waals surface area contributed by atoms with Crippen molar-refractivity contribution in [1.82, 2.24) is 4.98 Å². The SMILES string of the molecule is NC(=O)c1ccc(N)c(NC2CC3CCC2C3)n1. The Kier molecular flexibility index (Phi) is 2.61. The molecule has 0 radical (unpaired) electrons. The van der Waals surface area contributed by atoms with Crippen LogP contribution in [0.25, 0.3) is 0 Å². The van der Waals surface area contributed by atoms with Gasteiger partial charge in [-0.2, -0.15) is 0 Å². The third-order valence-electron chi connectivity index (χ3n) is 4.24. The fourth-order valence-electron chi connectivity index (χ4n) is 3.32. The fourth-order valence-corrected chi connectivity index (χ4v) is 3.32. The molecule has 1 aromatic heterocycles. The first-order valence-electron chi connectivity index (χ1n) is 6.46. The molecule has 96 valence electrons. The van der Waals surface area contributed by atoms with E-state index in [1.807, 2.05) is 0 Å². The van der Waals surface area contributed by atoms with Crippen LogP contribution in [0, 0.1) is 11.8 Å². The molecule has 5 heteroatoms. The number of carbonyl (C=O) groups is 1. The predicted octanol–water partition coefficient (Wildman–Crippen LogP) is 1.36. The van der Waals surface area contributed by atoms with E-state index in [0.717, 1.165) is 11.8 Å². The van der Waals surface area contributed by atoms with Gasteiger partial charge in [0.15, 0.2) is 0 Å². The van der Waals surface area contributed by atoms with Crippen molar-refractivity contribution in [2.24, 2.45) is 17.6 Å². The number of carbonyl (C=O) groups excluding carboxylic acids is 1. The van der Waals surface area contributed by atoms with E-state index in [4.69, 9.17) is 11.5 Å². The van der Waals surface area contributed by atoms with E-state index in [2.05, 4.69) is 10.3 Å². The van der Waals surface area contributed by atoms with E-state index in [9.17, 15) is 4.79 Å². The van der Waals surface area contributed by atoms with Crippen molar-refractivity contribution in [3.8, 4) is 0 Å². The number of nitrogen functional groups attached to an aromatic ring is 1. The number of fused-ring (bicyclic) bond motifs is 2. The Balaban J connectivity index is 1.79. The number of nitrogens with zero attached hydrogens (tertiary/aromatic N) is 1. The van der Waals surface area contributed by atoms with E-state index in [1.54, 1.807) is 12.1 Å². The minimum Gasteiger partial charge on any atom is -0.396 e. The quantitative estimate of drug-likeness (QED) is 0.750. The number of hydrogen-bond acceptors (Lipinski definition) is 4. The molecule has 2 fully saturated rings. The monoisotopic (exact) mass is 246 g/mol. The summed E-state index contributed by atoms with van der Waals surface area (Å²) in [6, 6.07) is 3.69. The van der Waals surface area contributed by atoms with Gasteiger partial charge in [0.1, 0.15) is 11.5 Å². The molecule has 3 unspecified atom stereocenters. The molecule has 0 aliphatic heterocycles. The van der Waals surface area contributed by atoms with Crippen molar-refractivity contribution in [3.63, 3.8) is 0 Å². The van der Waals surface area contributed by atoms with Crippen LogP contribution in [0.1, 0.15) is 36.2 Å². The van der Waals surface area contributed by atoms with Crippen molar-refractivity contribution in [3.05, 3.63) is 17.8 Å². The second-order valence-electron chi connectivity index (χ2n) is 5.42. The highest BCUT2D eigenvalue weighted by Crippen LogP contribution is 2.45. The van der Waals surface area contributed by atoms with Crippen LogP contribution in [-0.4, -0.2) is 16.9 Å². The van der Waals surface area contributed by atoms with Gasteiger partial charge in [0.2, 0.25) is 0 Å². The minimum atomic E-state index is -0.522. The van der Waals surface area contributed by atoms with Gasteiger partial charge >= 0.3 is 0 Å². The summed E-state index contributed by atoms with van der Waals surface area (Å²) in [4.78, 5) is 15.3. The number of primary amides is 1. The lowest BCUT2D eigenvalue weighted by Crippen LogP contribution is -2.27. The van der Waals surface area contributed by atoms with Gasteiger partial charge < -0.3 is 16.8 Å². The average Bonchev–Trinajstić information content (AvgIpc) is 2.93. The van der Waals surface area contributed by atoms with Gasteiger partial charge in [-0.05, 0) is 43.2 Å². The summed E-state index contributed by atoms with van der Waals surface area (Å²) in [6.45, 7) is 0. The van der Waals surface area contributed by atoms with Crippen LogP contribution >= 0.6 is 0 Å². The number of hydrogen-bond donors (Lipinski definition) is 3. The normalized spacial score (nSPS) is 29.4. The van der Waals surface area contributed by atoms with Crippen LogP contribution in [0.3, 0.4) is 0 Å². The first-order valence-corrected chi connectivity index (χ1v) is 6.46. The largest absolute Gasteiger partial charge is 0.396 e. The highest BCUT2D eigenvalue weighted by atomic mass is 16.1. The first kappa shape index (κ1) is 11.3. The zero-order valence-corrected chi connectivity index (χ0v) is 10.2. The smallest absolute Gasteiger partial charge is 0.267 e. The lowest BCUT2D eigenvalue weighted by atomic mass is 9.95. The van der Waals surface area contributed by atoms with E-state index in [1.165, 1.54) is 25.7 Å². The van der Waals surface area contributed by atoms with Gasteiger partial charge in [-0.15, -0.1) is 0 Å². The molecule has 5 N–H and O–H groups in total. The molecule has 1 aromatic rings. The molecule has 5 nitrogen and oxygen atoms in total. The van der Waals surface area contributed by atoms with Gasteiger partial charge in [-0.1, -0.05) is 6.42 Å². The molecule has 0 spiro atoms. The van der Waals surface area contributed by atoms with E-state index in [-0.39, 0.29) is 5.69 Å². The van der Waals surface area contributed by atoms with Gasteiger partial charge in [0, 0.05) is 6.04 Å². The van der Waals surface area contributed by atoms with Gasteiger partial charge in [-0.3, -0.25) is 4.79 Å². The topological polar surface area (TPSA) is 94.0 Å². The molecule has 2 aliphatic carbocycles. The molecule has 3 atom stereocenters. The highest BCUT2D eigenvalue weighted by molar-refractivity contribution is 5.91. The molecule has 2 aliphatic rings. The number of amides is 1. The van der Waals surface area contributed by atoms with Gasteiger partial charge in [0.25, 0.3) is 5.91 Å². The van der Waals surface area contributed by atoms with Crippen molar-refractivity contribution in [2.45, 2.75) is 31.7 Å². The summed E-state index contributed by atoms with van der Waals surface area (Å²) in [5.74, 6) is 1.66. The molecular formula is C13H18N4O. The van der Waals surface area contributed by atoms with Crippen molar-refractivity contribution >= 4 is 17.4 Å². The van der Waals surface area contributed by atoms with Crippen LogP contribution in [0.15, 0.2) is 12.1 Å². The third-order valence-corrected chi connectivity index (χ3v) is 4.24. The number of pyridine rings is 1. The minimum absolute atomic E-state index is 0.259. The van der Waals surface area contributed by atoms with Crippen LogP contribution in [0.2, 0.25) is 0 Å². The summed E-state index contributed by atoms with van der Waals surface area (Å²) in [5.41, 5.74) is 12.0. The molecule has 18 heavy (non-hydrogen) atoms. The summed E-state index contributed by atoms with van der Waals surface area (Å²) in [7, 11) is 0. The van der Waals surface area contributed by atoms with E-state index < -0.39 is 5.91 Å².